The van der Waals surface area contributed by atoms with Crippen LogP contribution in [-0.4, -0.2) is 32.6 Å². The minimum absolute atomic E-state index is 0.0229. The number of aliphatic hydroxyl groups is 1. The first-order valence-corrected chi connectivity index (χ1v) is 6.80. The van der Waals surface area contributed by atoms with Crippen molar-refractivity contribution in [3.63, 3.8) is 0 Å². The molecule has 1 saturated carbocycles. The van der Waals surface area contributed by atoms with Gasteiger partial charge in [-0.25, -0.2) is 0 Å². The SMILES string of the molecule is COc1ccc(C2(CNCO)CCCC2)cc1OC. The zero-order valence-corrected chi connectivity index (χ0v) is 11.7. The summed E-state index contributed by atoms with van der Waals surface area (Å²) in [5.74, 6) is 1.53. The topological polar surface area (TPSA) is 50.7 Å². The number of ether oxygens (including phenoxy) is 2. The maximum Gasteiger partial charge on any atom is 0.161 e. The number of hydrogen-bond acceptors (Lipinski definition) is 4. The molecule has 1 aromatic carbocycles. The summed E-state index contributed by atoms with van der Waals surface area (Å²) in [6.45, 7) is 0.827. The Morgan fingerprint density at radius 2 is 1.84 bits per heavy atom. The summed E-state index contributed by atoms with van der Waals surface area (Å²) in [6, 6.07) is 6.15. The normalized spacial score (nSPS) is 17.4. The van der Waals surface area contributed by atoms with Crippen LogP contribution in [0.1, 0.15) is 31.2 Å². The fourth-order valence-electron chi connectivity index (χ4n) is 3.08. The van der Waals surface area contributed by atoms with E-state index in [4.69, 9.17) is 14.6 Å². The van der Waals surface area contributed by atoms with E-state index in [9.17, 15) is 0 Å². The highest BCUT2D eigenvalue weighted by molar-refractivity contribution is 5.45. The van der Waals surface area contributed by atoms with Crippen LogP contribution in [0.25, 0.3) is 0 Å². The molecule has 0 aromatic heterocycles. The third-order valence-electron chi connectivity index (χ3n) is 4.13. The highest BCUT2D eigenvalue weighted by atomic mass is 16.5. The van der Waals surface area contributed by atoms with Crippen molar-refractivity contribution < 1.29 is 14.6 Å². The van der Waals surface area contributed by atoms with Crippen LogP contribution in [0.5, 0.6) is 11.5 Å². The first-order chi connectivity index (χ1) is 9.25. The van der Waals surface area contributed by atoms with E-state index < -0.39 is 0 Å². The van der Waals surface area contributed by atoms with Crippen LogP contribution in [0.4, 0.5) is 0 Å². The van der Waals surface area contributed by atoms with Gasteiger partial charge in [0.2, 0.25) is 0 Å². The highest BCUT2D eigenvalue weighted by Crippen LogP contribution is 2.43. The predicted molar refractivity (Wildman–Crippen MR) is 74.8 cm³/mol. The molecule has 0 saturated heterocycles. The van der Waals surface area contributed by atoms with Crippen LogP contribution in [0.3, 0.4) is 0 Å². The second kappa shape index (κ2) is 6.26. The summed E-state index contributed by atoms with van der Waals surface area (Å²) in [6.07, 6.45) is 4.77. The van der Waals surface area contributed by atoms with Gasteiger partial charge in [0.05, 0.1) is 21.0 Å². The van der Waals surface area contributed by atoms with Gasteiger partial charge in [-0.05, 0) is 30.5 Å². The van der Waals surface area contributed by atoms with Crippen LogP contribution in [-0.2, 0) is 5.41 Å². The number of aliphatic hydroxyl groups excluding tert-OH is 1. The van der Waals surface area contributed by atoms with Gasteiger partial charge < -0.3 is 14.6 Å². The van der Waals surface area contributed by atoms with Gasteiger partial charge in [0.1, 0.15) is 0 Å². The fraction of sp³-hybridized carbons (Fsp3) is 0.600. The van der Waals surface area contributed by atoms with Gasteiger partial charge >= 0.3 is 0 Å². The Morgan fingerprint density at radius 3 is 2.42 bits per heavy atom. The summed E-state index contributed by atoms with van der Waals surface area (Å²) in [7, 11) is 3.31. The third kappa shape index (κ3) is 2.85. The van der Waals surface area contributed by atoms with Crippen molar-refractivity contribution in [3.05, 3.63) is 23.8 Å². The first kappa shape index (κ1) is 14.2. The lowest BCUT2D eigenvalue weighted by Gasteiger charge is -2.30. The molecular formula is C15H23NO3. The van der Waals surface area contributed by atoms with Crippen molar-refractivity contribution in [1.29, 1.82) is 0 Å². The lowest BCUT2D eigenvalue weighted by atomic mass is 9.78. The van der Waals surface area contributed by atoms with Crippen LogP contribution in [0.15, 0.2) is 18.2 Å². The van der Waals surface area contributed by atoms with E-state index in [2.05, 4.69) is 17.4 Å². The molecule has 2 rings (SSSR count). The summed E-state index contributed by atoms with van der Waals surface area (Å²) >= 11 is 0. The van der Waals surface area contributed by atoms with E-state index >= 15 is 0 Å². The smallest absolute Gasteiger partial charge is 0.161 e. The monoisotopic (exact) mass is 265 g/mol. The maximum atomic E-state index is 9.02. The average Bonchev–Trinajstić information content (AvgIpc) is 2.94. The van der Waals surface area contributed by atoms with E-state index in [0.29, 0.717) is 0 Å². The van der Waals surface area contributed by atoms with Crippen molar-refractivity contribution in [1.82, 2.24) is 5.32 Å². The Kier molecular flexibility index (Phi) is 4.66. The molecule has 4 heteroatoms. The molecule has 0 aliphatic heterocycles. The molecule has 19 heavy (non-hydrogen) atoms. The zero-order chi connectivity index (χ0) is 13.7. The Bertz CT molecular complexity index is 414. The average molecular weight is 265 g/mol. The zero-order valence-electron chi connectivity index (χ0n) is 11.7. The Morgan fingerprint density at radius 1 is 1.16 bits per heavy atom. The molecule has 1 aromatic rings. The quantitative estimate of drug-likeness (QED) is 0.773. The van der Waals surface area contributed by atoms with Crippen molar-refractivity contribution >= 4 is 0 Å². The van der Waals surface area contributed by atoms with Crippen LogP contribution >= 0.6 is 0 Å². The van der Waals surface area contributed by atoms with E-state index in [1.54, 1.807) is 14.2 Å². The van der Waals surface area contributed by atoms with Crippen LogP contribution in [0.2, 0.25) is 0 Å². The van der Waals surface area contributed by atoms with Gasteiger partial charge in [-0.2, -0.15) is 0 Å². The molecule has 1 fully saturated rings. The molecule has 1 aliphatic rings. The third-order valence-corrected chi connectivity index (χ3v) is 4.13. The van der Waals surface area contributed by atoms with Gasteiger partial charge in [-0.3, -0.25) is 5.32 Å². The van der Waals surface area contributed by atoms with Gasteiger partial charge in [0, 0.05) is 12.0 Å². The van der Waals surface area contributed by atoms with Gasteiger partial charge in [-0.15, -0.1) is 0 Å². The van der Waals surface area contributed by atoms with Gasteiger partial charge in [0.25, 0.3) is 0 Å². The highest BCUT2D eigenvalue weighted by Gasteiger charge is 2.35. The van der Waals surface area contributed by atoms with E-state index in [-0.39, 0.29) is 12.1 Å². The molecule has 0 radical (unpaired) electrons. The number of hydrogen-bond donors (Lipinski definition) is 2. The number of nitrogens with one attached hydrogen (secondary N) is 1. The second-order valence-electron chi connectivity index (χ2n) is 5.14. The van der Waals surface area contributed by atoms with E-state index in [1.807, 2.05) is 6.07 Å². The molecule has 0 unspecified atom stereocenters. The molecule has 0 bridgehead atoms. The molecule has 4 nitrogen and oxygen atoms in total. The lowest BCUT2D eigenvalue weighted by Crippen LogP contribution is -2.36. The molecule has 106 valence electrons. The minimum atomic E-state index is 0.0229. The fourth-order valence-corrected chi connectivity index (χ4v) is 3.08. The summed E-state index contributed by atoms with van der Waals surface area (Å²) < 4.78 is 10.7. The maximum absolute atomic E-state index is 9.02. The van der Waals surface area contributed by atoms with Gasteiger partial charge in [0.15, 0.2) is 11.5 Å². The molecule has 2 N–H and O–H groups in total. The largest absolute Gasteiger partial charge is 0.493 e. The van der Waals surface area contributed by atoms with Crippen LogP contribution < -0.4 is 14.8 Å². The number of benzene rings is 1. The molecule has 0 heterocycles. The first-order valence-electron chi connectivity index (χ1n) is 6.80. The van der Waals surface area contributed by atoms with Crippen molar-refractivity contribution in [2.45, 2.75) is 31.1 Å². The Labute approximate surface area is 114 Å². The van der Waals surface area contributed by atoms with Crippen molar-refractivity contribution in [2.24, 2.45) is 0 Å². The standard InChI is InChI=1S/C15H23NO3/c1-18-13-6-5-12(9-14(13)19-2)15(10-16-11-17)7-3-4-8-15/h5-6,9,16-17H,3-4,7-8,10-11H2,1-2H3. The minimum Gasteiger partial charge on any atom is -0.493 e. The summed E-state index contributed by atoms with van der Waals surface area (Å²) in [5, 5.41) is 12.1. The lowest BCUT2D eigenvalue weighted by molar-refractivity contribution is 0.241. The second-order valence-corrected chi connectivity index (χ2v) is 5.14. The van der Waals surface area contributed by atoms with Crippen LogP contribution in [0, 0.1) is 0 Å². The van der Waals surface area contributed by atoms with Crippen molar-refractivity contribution in [3.8, 4) is 11.5 Å². The van der Waals surface area contributed by atoms with Gasteiger partial charge in [-0.1, -0.05) is 18.9 Å². The van der Waals surface area contributed by atoms with E-state index in [0.717, 1.165) is 30.9 Å². The number of rotatable bonds is 6. The Balaban J connectivity index is 2.31. The predicted octanol–water partition coefficient (Wildman–Crippen LogP) is 2.05. The summed E-state index contributed by atoms with van der Waals surface area (Å²) in [5.41, 5.74) is 1.38. The van der Waals surface area contributed by atoms with E-state index in [1.165, 1.54) is 18.4 Å². The molecule has 1 aliphatic carbocycles. The molecule has 0 spiro atoms. The Hall–Kier alpha value is -1.26. The number of methoxy groups -OCH3 is 2. The molecular weight excluding hydrogens is 242 g/mol. The van der Waals surface area contributed by atoms with Crippen molar-refractivity contribution in [2.75, 3.05) is 27.5 Å². The summed E-state index contributed by atoms with van der Waals surface area (Å²) in [4.78, 5) is 0. The molecule has 0 amide bonds. The molecule has 0 atom stereocenters.